The Kier molecular flexibility index (Phi) is 8.91. The van der Waals surface area contributed by atoms with Gasteiger partial charge in [-0.15, -0.1) is 11.3 Å². The first-order chi connectivity index (χ1) is 22.0. The van der Waals surface area contributed by atoms with E-state index in [9.17, 15) is 22.7 Å². The summed E-state index contributed by atoms with van der Waals surface area (Å²) in [6, 6.07) is 20.6. The molecule has 11 heteroatoms. The SMILES string of the molecule is CC(C)Cc1ccc(-c2cccc(-c3nn(-c4nc(C(=O)O)cs4)c(CCC4CC4)c3Cc3ccc(S(N)(=O)=O)c(F)c3)c2)cc1. The van der Waals surface area contributed by atoms with Gasteiger partial charge in [0.1, 0.15) is 10.7 Å². The van der Waals surface area contributed by atoms with Gasteiger partial charge in [0, 0.05) is 22.9 Å². The second kappa shape index (κ2) is 12.9. The number of hydrogen-bond acceptors (Lipinski definition) is 6. The van der Waals surface area contributed by atoms with Crippen molar-refractivity contribution >= 4 is 27.3 Å². The molecule has 238 valence electrons. The van der Waals surface area contributed by atoms with E-state index < -0.39 is 26.7 Å². The number of primary sulfonamides is 1. The third kappa shape index (κ3) is 7.11. The van der Waals surface area contributed by atoms with E-state index in [0.29, 0.717) is 34.6 Å². The number of nitrogens with zero attached hydrogens (tertiary/aromatic N) is 3. The second-order valence-electron chi connectivity index (χ2n) is 12.4. The number of hydrogen-bond donors (Lipinski definition) is 2. The van der Waals surface area contributed by atoms with E-state index in [1.165, 1.54) is 34.4 Å². The third-order valence-electron chi connectivity index (χ3n) is 8.22. The number of aromatic carboxylic acids is 1. The molecule has 1 aliphatic rings. The van der Waals surface area contributed by atoms with Gasteiger partial charge in [0.05, 0.1) is 11.4 Å². The van der Waals surface area contributed by atoms with Crippen LogP contribution in [-0.4, -0.2) is 34.3 Å². The average Bonchev–Trinajstić information content (AvgIpc) is 3.57. The first-order valence-corrected chi connectivity index (χ1v) is 17.7. The predicted octanol–water partition coefficient (Wildman–Crippen LogP) is 7.28. The molecule has 0 amide bonds. The highest BCUT2D eigenvalue weighted by molar-refractivity contribution is 7.89. The molecule has 0 aliphatic heterocycles. The third-order valence-corrected chi connectivity index (χ3v) is 9.98. The first-order valence-electron chi connectivity index (χ1n) is 15.3. The number of aromatic nitrogens is 3. The molecule has 2 aromatic heterocycles. The monoisotopic (exact) mass is 658 g/mol. The van der Waals surface area contributed by atoms with E-state index in [1.54, 1.807) is 10.7 Å². The van der Waals surface area contributed by atoms with Gasteiger partial charge >= 0.3 is 5.97 Å². The number of nitrogens with two attached hydrogens (primary N) is 1. The number of carbonyl (C=O) groups is 1. The lowest BCUT2D eigenvalue weighted by atomic mass is 9.94. The fourth-order valence-electron chi connectivity index (χ4n) is 5.77. The molecule has 0 saturated heterocycles. The molecular formula is C35H35FN4O4S2. The zero-order valence-corrected chi connectivity index (χ0v) is 27.2. The Hall–Kier alpha value is -4.19. The summed E-state index contributed by atoms with van der Waals surface area (Å²) in [6.07, 6.45) is 5.19. The number of carboxylic acid groups (broad SMARTS) is 1. The van der Waals surface area contributed by atoms with Gasteiger partial charge < -0.3 is 5.11 Å². The maximum Gasteiger partial charge on any atom is 0.355 e. The van der Waals surface area contributed by atoms with Gasteiger partial charge in [-0.2, -0.15) is 5.10 Å². The molecule has 2 heterocycles. The topological polar surface area (TPSA) is 128 Å². The largest absolute Gasteiger partial charge is 0.476 e. The summed E-state index contributed by atoms with van der Waals surface area (Å²) in [5.41, 5.74) is 7.09. The molecule has 3 aromatic carbocycles. The van der Waals surface area contributed by atoms with Crippen molar-refractivity contribution in [2.45, 2.75) is 57.3 Å². The molecule has 0 radical (unpaired) electrons. The normalized spacial score (nSPS) is 13.4. The van der Waals surface area contributed by atoms with Crippen LogP contribution >= 0.6 is 11.3 Å². The molecule has 0 bridgehead atoms. The summed E-state index contributed by atoms with van der Waals surface area (Å²) in [5.74, 6) is -0.862. The van der Waals surface area contributed by atoms with Crippen LogP contribution in [0, 0.1) is 17.7 Å². The lowest BCUT2D eigenvalue weighted by Crippen LogP contribution is -2.14. The minimum Gasteiger partial charge on any atom is -0.476 e. The fraction of sp³-hybridized carbons (Fsp3) is 0.286. The highest BCUT2D eigenvalue weighted by Crippen LogP contribution is 2.38. The van der Waals surface area contributed by atoms with Crippen molar-refractivity contribution in [3.63, 3.8) is 0 Å². The van der Waals surface area contributed by atoms with Crippen LogP contribution in [0.5, 0.6) is 0 Å². The Bertz CT molecular complexity index is 2010. The van der Waals surface area contributed by atoms with Gasteiger partial charge in [0.2, 0.25) is 15.2 Å². The van der Waals surface area contributed by atoms with Crippen LogP contribution in [0.3, 0.4) is 0 Å². The number of benzene rings is 3. The lowest BCUT2D eigenvalue weighted by molar-refractivity contribution is 0.0691. The zero-order chi connectivity index (χ0) is 32.6. The van der Waals surface area contributed by atoms with Crippen molar-refractivity contribution in [3.8, 4) is 27.5 Å². The number of carboxylic acids is 1. The van der Waals surface area contributed by atoms with Crippen molar-refractivity contribution in [3.05, 3.63) is 106 Å². The predicted molar refractivity (Wildman–Crippen MR) is 177 cm³/mol. The summed E-state index contributed by atoms with van der Waals surface area (Å²) in [5, 5.41) is 21.7. The van der Waals surface area contributed by atoms with E-state index in [0.717, 1.165) is 53.6 Å². The van der Waals surface area contributed by atoms with Gasteiger partial charge in [-0.3, -0.25) is 0 Å². The first kappa shape index (κ1) is 31.8. The van der Waals surface area contributed by atoms with Crippen LogP contribution in [0.1, 0.15) is 66.0 Å². The van der Waals surface area contributed by atoms with Gasteiger partial charge in [0.25, 0.3) is 0 Å². The van der Waals surface area contributed by atoms with Crippen LogP contribution in [0.2, 0.25) is 0 Å². The molecule has 8 nitrogen and oxygen atoms in total. The molecule has 0 spiro atoms. The molecule has 5 aromatic rings. The van der Waals surface area contributed by atoms with Crippen molar-refractivity contribution in [2.75, 3.05) is 0 Å². The summed E-state index contributed by atoms with van der Waals surface area (Å²) in [6.45, 7) is 4.40. The molecule has 0 atom stereocenters. The Balaban J connectivity index is 1.48. The van der Waals surface area contributed by atoms with Gasteiger partial charge in [-0.1, -0.05) is 75.2 Å². The molecule has 6 rings (SSSR count). The van der Waals surface area contributed by atoms with Crippen molar-refractivity contribution in [1.82, 2.24) is 14.8 Å². The molecule has 46 heavy (non-hydrogen) atoms. The summed E-state index contributed by atoms with van der Waals surface area (Å²) < 4.78 is 40.5. The molecule has 3 N–H and O–H groups in total. The van der Waals surface area contributed by atoms with Crippen LogP contribution in [0.25, 0.3) is 27.5 Å². The van der Waals surface area contributed by atoms with Gasteiger partial charge in [0.15, 0.2) is 5.69 Å². The van der Waals surface area contributed by atoms with Gasteiger partial charge in [-0.05, 0) is 71.6 Å². The molecule has 0 unspecified atom stereocenters. The number of halogens is 1. The molecule has 1 aliphatic carbocycles. The van der Waals surface area contributed by atoms with E-state index in [-0.39, 0.29) is 12.1 Å². The highest BCUT2D eigenvalue weighted by atomic mass is 32.2. The van der Waals surface area contributed by atoms with Crippen molar-refractivity contribution < 1.29 is 22.7 Å². The minimum atomic E-state index is -4.22. The van der Waals surface area contributed by atoms with E-state index in [2.05, 4.69) is 49.2 Å². The van der Waals surface area contributed by atoms with E-state index in [4.69, 9.17) is 10.2 Å². The summed E-state index contributed by atoms with van der Waals surface area (Å²) in [4.78, 5) is 15.5. The lowest BCUT2D eigenvalue weighted by Gasteiger charge is -2.11. The molecule has 1 fully saturated rings. The van der Waals surface area contributed by atoms with E-state index >= 15 is 0 Å². The van der Waals surface area contributed by atoms with Crippen LogP contribution < -0.4 is 5.14 Å². The summed E-state index contributed by atoms with van der Waals surface area (Å²) in [7, 11) is -4.22. The summed E-state index contributed by atoms with van der Waals surface area (Å²) >= 11 is 1.20. The standard InChI is InChI=1S/C35H35FN4O4S2/c1-21(2)16-23-8-12-25(13-9-23)26-4-3-5-27(19-26)33-28(17-24-11-15-32(29(36)18-24)46(37,43)44)31(14-10-22-6-7-22)40(39-33)35-38-30(20-45-35)34(41)42/h3-5,8-9,11-13,15,18-22H,6-7,10,14,16-17H2,1-2H3,(H,41,42)(H2,37,43,44). The highest BCUT2D eigenvalue weighted by Gasteiger charge is 2.27. The van der Waals surface area contributed by atoms with Crippen molar-refractivity contribution in [2.24, 2.45) is 17.0 Å². The van der Waals surface area contributed by atoms with Crippen LogP contribution in [-0.2, 0) is 29.3 Å². The smallest absolute Gasteiger partial charge is 0.355 e. The average molecular weight is 659 g/mol. The Morgan fingerprint density at radius 3 is 2.39 bits per heavy atom. The Morgan fingerprint density at radius 2 is 1.76 bits per heavy atom. The minimum absolute atomic E-state index is 0.0599. The van der Waals surface area contributed by atoms with E-state index in [1.807, 2.05) is 18.2 Å². The number of rotatable bonds is 12. The van der Waals surface area contributed by atoms with Crippen LogP contribution in [0.4, 0.5) is 4.39 Å². The van der Waals surface area contributed by atoms with Crippen LogP contribution in [0.15, 0.2) is 77.0 Å². The van der Waals surface area contributed by atoms with Crippen molar-refractivity contribution in [1.29, 1.82) is 0 Å². The van der Waals surface area contributed by atoms with Gasteiger partial charge in [-0.25, -0.2) is 32.4 Å². The maximum absolute atomic E-state index is 15.0. The molecular weight excluding hydrogens is 624 g/mol. The maximum atomic E-state index is 15.0. The molecule has 1 saturated carbocycles. The Labute approximate surface area is 271 Å². The number of thiazole rings is 1. The Morgan fingerprint density at radius 1 is 1.04 bits per heavy atom. The second-order valence-corrected chi connectivity index (χ2v) is 14.7. The quantitative estimate of drug-likeness (QED) is 0.145. The zero-order valence-electron chi connectivity index (χ0n) is 25.6. The fourth-order valence-corrected chi connectivity index (χ4v) is 7.13. The number of sulfonamides is 1.